The molecule has 0 aliphatic carbocycles. The molecule has 1 heterocycles. The number of rotatable bonds is 8. The van der Waals surface area contributed by atoms with Crippen LogP contribution in [0.2, 0.25) is 0 Å². The molecule has 0 aliphatic rings. The molecule has 2 aromatic rings. The Labute approximate surface area is 151 Å². The van der Waals surface area contributed by atoms with E-state index >= 15 is 0 Å². The molecule has 0 bridgehead atoms. The minimum Gasteiger partial charge on any atom is -0.337 e. The number of amides is 1. The van der Waals surface area contributed by atoms with Gasteiger partial charge in [-0.3, -0.25) is 9.78 Å². The topological polar surface area (TPSA) is 80.8 Å². The Morgan fingerprint density at radius 2 is 1.76 bits per heavy atom. The maximum absolute atomic E-state index is 12.5. The Morgan fingerprint density at radius 1 is 1.08 bits per heavy atom. The monoisotopic (exact) mass is 350 g/mol. The predicted octanol–water partition coefficient (Wildman–Crippen LogP) is 3.64. The van der Waals surface area contributed by atoms with Crippen molar-refractivity contribution in [2.45, 2.75) is 23.5 Å². The smallest absolute Gasteiger partial charge is 0.253 e. The molecule has 0 unspecified atom stereocenters. The van der Waals surface area contributed by atoms with Crippen LogP contribution in [0.1, 0.15) is 28.8 Å². The summed E-state index contributed by atoms with van der Waals surface area (Å²) < 4.78 is 0. The summed E-state index contributed by atoms with van der Waals surface area (Å²) in [5.74, 6) is 0.673. The van der Waals surface area contributed by atoms with Crippen molar-refractivity contribution in [3.8, 4) is 12.1 Å². The minimum absolute atomic E-state index is 0.144. The summed E-state index contributed by atoms with van der Waals surface area (Å²) in [4.78, 5) is 19.3. The van der Waals surface area contributed by atoms with Crippen LogP contribution in [0.4, 0.5) is 0 Å². The largest absolute Gasteiger partial charge is 0.337 e. The number of nitriles is 2. The molecule has 0 saturated carbocycles. The van der Waals surface area contributed by atoms with Crippen molar-refractivity contribution in [2.75, 3.05) is 13.1 Å². The second-order valence-electron chi connectivity index (χ2n) is 5.28. The zero-order valence-corrected chi connectivity index (χ0v) is 14.6. The van der Waals surface area contributed by atoms with Gasteiger partial charge in [-0.05, 0) is 35.9 Å². The number of hydrogen-bond acceptors (Lipinski definition) is 5. The van der Waals surface area contributed by atoms with Crippen LogP contribution in [0.5, 0.6) is 0 Å². The summed E-state index contributed by atoms with van der Waals surface area (Å²) in [6, 6.07) is 15.4. The number of thioether (sulfide) groups is 1. The van der Waals surface area contributed by atoms with Gasteiger partial charge in [0.25, 0.3) is 5.91 Å². The van der Waals surface area contributed by atoms with Crippen LogP contribution in [0.25, 0.3) is 0 Å². The van der Waals surface area contributed by atoms with Crippen LogP contribution < -0.4 is 0 Å². The van der Waals surface area contributed by atoms with Crippen molar-refractivity contribution in [1.29, 1.82) is 10.5 Å². The SMILES string of the molecule is N#CCCN(CCC#N)C(=O)c1ccc(SCc2cccnc2)cc1. The highest BCUT2D eigenvalue weighted by Gasteiger charge is 2.15. The average Bonchev–Trinajstić information content (AvgIpc) is 2.67. The fourth-order valence-electron chi connectivity index (χ4n) is 2.21. The summed E-state index contributed by atoms with van der Waals surface area (Å²) in [7, 11) is 0. The Hall–Kier alpha value is -2.83. The number of carbonyl (C=O) groups is 1. The van der Waals surface area contributed by atoms with Crippen molar-refractivity contribution < 1.29 is 4.79 Å². The van der Waals surface area contributed by atoms with Crippen molar-refractivity contribution in [3.63, 3.8) is 0 Å². The summed E-state index contributed by atoms with van der Waals surface area (Å²) in [5.41, 5.74) is 1.72. The van der Waals surface area contributed by atoms with Crippen LogP contribution in [0.15, 0.2) is 53.7 Å². The third kappa shape index (κ3) is 5.95. The molecule has 25 heavy (non-hydrogen) atoms. The predicted molar refractivity (Wildman–Crippen MR) is 96.6 cm³/mol. The standard InChI is InChI=1S/C19H18N4OS/c20-9-2-12-23(13-3-10-21)19(24)17-5-7-18(8-6-17)25-15-16-4-1-11-22-14-16/h1,4-8,11,14H,2-3,12-13,15H2. The van der Waals surface area contributed by atoms with Gasteiger partial charge in [0.15, 0.2) is 0 Å². The minimum atomic E-state index is -0.144. The number of aromatic nitrogens is 1. The lowest BCUT2D eigenvalue weighted by Crippen LogP contribution is -2.32. The van der Waals surface area contributed by atoms with Gasteiger partial charge in [0, 0.05) is 41.7 Å². The highest BCUT2D eigenvalue weighted by atomic mass is 32.2. The van der Waals surface area contributed by atoms with E-state index in [1.807, 2.05) is 42.6 Å². The molecule has 0 aliphatic heterocycles. The molecule has 0 spiro atoms. The van der Waals surface area contributed by atoms with E-state index < -0.39 is 0 Å². The quantitative estimate of drug-likeness (QED) is 0.679. The summed E-state index contributed by atoms with van der Waals surface area (Å²) in [5, 5.41) is 17.4. The number of nitrogens with zero attached hydrogens (tertiary/aromatic N) is 4. The zero-order valence-electron chi connectivity index (χ0n) is 13.8. The number of pyridine rings is 1. The highest BCUT2D eigenvalue weighted by molar-refractivity contribution is 7.98. The molecular formula is C19H18N4OS. The fourth-order valence-corrected chi connectivity index (χ4v) is 3.04. The van der Waals surface area contributed by atoms with Gasteiger partial charge < -0.3 is 4.90 Å². The first kappa shape index (κ1) is 18.5. The van der Waals surface area contributed by atoms with Gasteiger partial charge in [0.1, 0.15) is 0 Å². The first-order chi connectivity index (χ1) is 12.2. The second-order valence-corrected chi connectivity index (χ2v) is 6.33. The molecule has 0 atom stereocenters. The lowest BCUT2D eigenvalue weighted by Gasteiger charge is -2.20. The first-order valence-corrected chi connectivity index (χ1v) is 8.88. The Morgan fingerprint density at radius 3 is 2.32 bits per heavy atom. The summed E-state index contributed by atoms with van der Waals surface area (Å²) in [6.45, 7) is 0.684. The molecule has 1 aromatic carbocycles. The molecule has 5 nitrogen and oxygen atoms in total. The van der Waals surface area contributed by atoms with Crippen LogP contribution >= 0.6 is 11.8 Å². The summed E-state index contributed by atoms with van der Waals surface area (Å²) in [6.07, 6.45) is 4.11. The molecule has 0 N–H and O–H groups in total. The van der Waals surface area contributed by atoms with Gasteiger partial charge in [-0.1, -0.05) is 6.07 Å². The zero-order chi connectivity index (χ0) is 17.9. The van der Waals surface area contributed by atoms with E-state index in [1.54, 1.807) is 35.0 Å². The molecule has 2 rings (SSSR count). The van der Waals surface area contributed by atoms with Crippen LogP contribution in [0, 0.1) is 22.7 Å². The van der Waals surface area contributed by atoms with E-state index in [1.165, 1.54) is 0 Å². The molecule has 6 heteroatoms. The number of benzene rings is 1. The molecule has 0 fully saturated rings. The van der Waals surface area contributed by atoms with Crippen molar-refractivity contribution in [3.05, 3.63) is 59.9 Å². The first-order valence-electron chi connectivity index (χ1n) is 7.89. The van der Waals surface area contributed by atoms with Gasteiger partial charge in [0.05, 0.1) is 25.0 Å². The van der Waals surface area contributed by atoms with Crippen molar-refractivity contribution in [1.82, 2.24) is 9.88 Å². The Bertz CT molecular complexity index is 745. The van der Waals surface area contributed by atoms with Crippen LogP contribution in [-0.4, -0.2) is 28.9 Å². The molecule has 0 radical (unpaired) electrons. The molecule has 0 saturated heterocycles. The van der Waals surface area contributed by atoms with Gasteiger partial charge >= 0.3 is 0 Å². The maximum atomic E-state index is 12.5. The number of hydrogen-bond donors (Lipinski definition) is 0. The molecule has 1 amide bonds. The number of carbonyl (C=O) groups excluding carboxylic acids is 1. The molecule has 126 valence electrons. The normalized spacial score (nSPS) is 9.84. The van der Waals surface area contributed by atoms with Crippen LogP contribution in [0.3, 0.4) is 0 Å². The molecule has 1 aromatic heterocycles. The van der Waals surface area contributed by atoms with Crippen molar-refractivity contribution in [2.24, 2.45) is 0 Å². The van der Waals surface area contributed by atoms with E-state index in [4.69, 9.17) is 10.5 Å². The van der Waals surface area contributed by atoms with E-state index in [-0.39, 0.29) is 18.7 Å². The van der Waals surface area contributed by atoms with Crippen LogP contribution in [-0.2, 0) is 5.75 Å². The van der Waals surface area contributed by atoms with E-state index in [0.29, 0.717) is 18.7 Å². The molecular weight excluding hydrogens is 332 g/mol. The van der Waals surface area contributed by atoms with Crippen molar-refractivity contribution >= 4 is 17.7 Å². The van der Waals surface area contributed by atoms with E-state index in [2.05, 4.69) is 4.98 Å². The average molecular weight is 350 g/mol. The lowest BCUT2D eigenvalue weighted by molar-refractivity contribution is 0.0762. The van der Waals surface area contributed by atoms with Gasteiger partial charge in [-0.15, -0.1) is 11.8 Å². The third-order valence-corrected chi connectivity index (χ3v) is 4.59. The Kier molecular flexibility index (Phi) is 7.49. The van der Waals surface area contributed by atoms with Gasteiger partial charge in [-0.2, -0.15) is 10.5 Å². The highest BCUT2D eigenvalue weighted by Crippen LogP contribution is 2.23. The maximum Gasteiger partial charge on any atom is 0.253 e. The lowest BCUT2D eigenvalue weighted by atomic mass is 10.2. The van der Waals surface area contributed by atoms with E-state index in [9.17, 15) is 4.79 Å². The second kappa shape index (κ2) is 10.1. The Balaban J connectivity index is 1.98. The van der Waals surface area contributed by atoms with E-state index in [0.717, 1.165) is 16.2 Å². The van der Waals surface area contributed by atoms with Gasteiger partial charge in [0.2, 0.25) is 0 Å². The third-order valence-electron chi connectivity index (χ3n) is 3.50. The van der Waals surface area contributed by atoms with Gasteiger partial charge in [-0.25, -0.2) is 0 Å². The summed E-state index contributed by atoms with van der Waals surface area (Å²) >= 11 is 1.68. The fraction of sp³-hybridized carbons (Fsp3) is 0.263.